The van der Waals surface area contributed by atoms with Gasteiger partial charge < -0.3 is 14.8 Å². The average molecular weight is 307 g/mol. The number of rotatable bonds is 3. The number of benzene rings is 2. The van der Waals surface area contributed by atoms with Crippen molar-refractivity contribution in [1.82, 2.24) is 9.97 Å². The highest BCUT2D eigenvalue weighted by Gasteiger charge is 2.20. The number of para-hydroxylation sites is 3. The van der Waals surface area contributed by atoms with Gasteiger partial charge in [-0.2, -0.15) is 0 Å². The summed E-state index contributed by atoms with van der Waals surface area (Å²) >= 11 is 0. The highest BCUT2D eigenvalue weighted by atomic mass is 16.6. The molecule has 1 aromatic heterocycles. The molecule has 1 aliphatic rings. The minimum absolute atomic E-state index is 0.0558. The highest BCUT2D eigenvalue weighted by Crippen LogP contribution is 2.31. The van der Waals surface area contributed by atoms with Gasteiger partial charge >= 0.3 is 0 Å². The summed E-state index contributed by atoms with van der Waals surface area (Å²) in [6, 6.07) is 13.8. The van der Waals surface area contributed by atoms with Crippen molar-refractivity contribution in [1.29, 1.82) is 0 Å². The van der Waals surface area contributed by atoms with Gasteiger partial charge in [-0.25, -0.2) is 9.97 Å². The second kappa shape index (κ2) is 5.76. The van der Waals surface area contributed by atoms with E-state index in [-0.39, 0.29) is 6.10 Å². The molecular formula is C18H17N3O2. The highest BCUT2D eigenvalue weighted by molar-refractivity contribution is 5.90. The number of aromatic nitrogens is 2. The van der Waals surface area contributed by atoms with Crippen molar-refractivity contribution in [2.45, 2.75) is 13.0 Å². The zero-order valence-electron chi connectivity index (χ0n) is 12.8. The Hall–Kier alpha value is -2.82. The number of hydrogen-bond donors (Lipinski definition) is 1. The van der Waals surface area contributed by atoms with E-state index in [1.165, 1.54) is 0 Å². The molecule has 0 radical (unpaired) electrons. The second-order valence-corrected chi connectivity index (χ2v) is 5.57. The Labute approximate surface area is 134 Å². The predicted molar refractivity (Wildman–Crippen MR) is 89.1 cm³/mol. The van der Waals surface area contributed by atoms with Crippen LogP contribution < -0.4 is 14.8 Å². The quantitative estimate of drug-likeness (QED) is 0.805. The van der Waals surface area contributed by atoms with Gasteiger partial charge in [0.1, 0.15) is 24.9 Å². The van der Waals surface area contributed by atoms with Crippen molar-refractivity contribution in [2.75, 3.05) is 18.5 Å². The summed E-state index contributed by atoms with van der Waals surface area (Å²) in [7, 11) is 0. The Morgan fingerprint density at radius 1 is 1.09 bits per heavy atom. The van der Waals surface area contributed by atoms with Crippen LogP contribution >= 0.6 is 0 Å². The maximum absolute atomic E-state index is 5.96. The molecule has 2 aromatic carbocycles. The maximum atomic E-state index is 5.96. The Kier molecular flexibility index (Phi) is 3.46. The van der Waals surface area contributed by atoms with Crippen LogP contribution in [0.4, 0.5) is 5.82 Å². The first-order chi connectivity index (χ1) is 11.3. The topological polar surface area (TPSA) is 56.3 Å². The number of anilines is 1. The molecule has 1 N–H and O–H groups in total. The summed E-state index contributed by atoms with van der Waals surface area (Å²) in [6.07, 6.45) is 1.53. The van der Waals surface area contributed by atoms with E-state index in [0.717, 1.165) is 33.8 Å². The van der Waals surface area contributed by atoms with Crippen molar-refractivity contribution in [3.05, 3.63) is 54.4 Å². The average Bonchev–Trinajstić information content (AvgIpc) is 2.60. The lowest BCUT2D eigenvalue weighted by atomic mass is 10.1. The van der Waals surface area contributed by atoms with Crippen LogP contribution in [-0.4, -0.2) is 29.2 Å². The minimum atomic E-state index is -0.0558. The smallest absolute Gasteiger partial charge is 0.161 e. The van der Waals surface area contributed by atoms with Crippen molar-refractivity contribution < 1.29 is 9.47 Å². The van der Waals surface area contributed by atoms with E-state index in [1.807, 2.05) is 49.4 Å². The van der Waals surface area contributed by atoms with E-state index < -0.39 is 0 Å². The third kappa shape index (κ3) is 2.65. The maximum Gasteiger partial charge on any atom is 0.161 e. The van der Waals surface area contributed by atoms with Crippen LogP contribution in [0, 0.1) is 6.92 Å². The van der Waals surface area contributed by atoms with E-state index in [9.17, 15) is 0 Å². The zero-order chi connectivity index (χ0) is 15.6. The Bertz CT molecular complexity index is 851. The molecule has 3 aromatic rings. The number of fused-ring (bicyclic) bond motifs is 2. The first-order valence-electron chi connectivity index (χ1n) is 7.64. The third-order valence-electron chi connectivity index (χ3n) is 3.93. The second-order valence-electron chi connectivity index (χ2n) is 5.57. The fraction of sp³-hybridized carbons (Fsp3) is 0.222. The van der Waals surface area contributed by atoms with Gasteiger partial charge in [0.05, 0.1) is 12.1 Å². The number of ether oxygens (including phenoxy) is 2. The van der Waals surface area contributed by atoms with Gasteiger partial charge in [-0.3, -0.25) is 0 Å². The molecule has 0 bridgehead atoms. The van der Waals surface area contributed by atoms with Crippen molar-refractivity contribution in [3.8, 4) is 11.5 Å². The summed E-state index contributed by atoms with van der Waals surface area (Å²) in [5.41, 5.74) is 2.11. The van der Waals surface area contributed by atoms with E-state index in [4.69, 9.17) is 9.47 Å². The molecular weight excluding hydrogens is 290 g/mol. The zero-order valence-corrected chi connectivity index (χ0v) is 12.8. The lowest BCUT2D eigenvalue weighted by molar-refractivity contribution is 0.0997. The van der Waals surface area contributed by atoms with Crippen LogP contribution in [0.3, 0.4) is 0 Å². The Morgan fingerprint density at radius 2 is 1.96 bits per heavy atom. The standard InChI is InChI=1S/C18H17N3O2/c1-12-5-4-6-14-17(12)20-11-21-18(14)19-9-13-10-22-15-7-2-3-8-16(15)23-13/h2-8,11,13H,9-10H2,1H3,(H,19,20,21). The van der Waals surface area contributed by atoms with E-state index in [2.05, 4.69) is 15.3 Å². The molecule has 1 aliphatic heterocycles. The lowest BCUT2D eigenvalue weighted by Gasteiger charge is -2.26. The van der Waals surface area contributed by atoms with E-state index in [0.29, 0.717) is 13.2 Å². The van der Waals surface area contributed by atoms with Gasteiger partial charge in [0, 0.05) is 5.39 Å². The largest absolute Gasteiger partial charge is 0.486 e. The molecule has 0 spiro atoms. The van der Waals surface area contributed by atoms with Gasteiger partial charge in [-0.15, -0.1) is 0 Å². The first kappa shape index (κ1) is 13.8. The van der Waals surface area contributed by atoms with Gasteiger partial charge in [-0.1, -0.05) is 24.3 Å². The first-order valence-corrected chi connectivity index (χ1v) is 7.64. The third-order valence-corrected chi connectivity index (χ3v) is 3.93. The molecule has 1 atom stereocenters. The fourth-order valence-electron chi connectivity index (χ4n) is 2.75. The predicted octanol–water partition coefficient (Wildman–Crippen LogP) is 3.19. The fourth-order valence-corrected chi connectivity index (χ4v) is 2.75. The van der Waals surface area contributed by atoms with Gasteiger partial charge in [0.15, 0.2) is 11.5 Å². The van der Waals surface area contributed by atoms with Crippen LogP contribution in [0.15, 0.2) is 48.8 Å². The van der Waals surface area contributed by atoms with Gasteiger partial charge in [-0.05, 0) is 30.7 Å². The number of aryl methyl sites for hydroxylation is 1. The van der Waals surface area contributed by atoms with Crippen LogP contribution in [0.25, 0.3) is 10.9 Å². The molecule has 23 heavy (non-hydrogen) atoms. The Balaban J connectivity index is 1.51. The molecule has 116 valence electrons. The molecule has 2 heterocycles. The molecule has 0 fully saturated rings. The number of nitrogens with zero attached hydrogens (tertiary/aromatic N) is 2. The lowest BCUT2D eigenvalue weighted by Crippen LogP contribution is -2.35. The molecule has 1 unspecified atom stereocenters. The van der Waals surface area contributed by atoms with E-state index in [1.54, 1.807) is 6.33 Å². The molecule has 4 rings (SSSR count). The van der Waals surface area contributed by atoms with Gasteiger partial charge in [0.25, 0.3) is 0 Å². The molecule has 0 aliphatic carbocycles. The van der Waals surface area contributed by atoms with Crippen LogP contribution in [0.5, 0.6) is 11.5 Å². The minimum Gasteiger partial charge on any atom is -0.486 e. The normalized spacial score (nSPS) is 16.3. The monoisotopic (exact) mass is 307 g/mol. The van der Waals surface area contributed by atoms with Gasteiger partial charge in [0.2, 0.25) is 0 Å². The SMILES string of the molecule is Cc1cccc2c(NCC3COc4ccccc4O3)ncnc12. The molecule has 5 nitrogen and oxygen atoms in total. The summed E-state index contributed by atoms with van der Waals surface area (Å²) in [6.45, 7) is 3.19. The molecule has 5 heteroatoms. The van der Waals surface area contributed by atoms with Crippen molar-refractivity contribution in [3.63, 3.8) is 0 Å². The summed E-state index contributed by atoms with van der Waals surface area (Å²) in [5, 5.41) is 4.38. The van der Waals surface area contributed by atoms with Crippen molar-refractivity contribution >= 4 is 16.7 Å². The summed E-state index contributed by atoms with van der Waals surface area (Å²) in [5.74, 6) is 2.40. The van der Waals surface area contributed by atoms with Crippen LogP contribution in [0.2, 0.25) is 0 Å². The summed E-state index contributed by atoms with van der Waals surface area (Å²) in [4.78, 5) is 8.72. The number of hydrogen-bond acceptors (Lipinski definition) is 5. The number of nitrogens with one attached hydrogen (secondary N) is 1. The molecule has 0 saturated carbocycles. The summed E-state index contributed by atoms with van der Waals surface area (Å²) < 4.78 is 11.7. The Morgan fingerprint density at radius 3 is 2.87 bits per heavy atom. The molecule has 0 amide bonds. The van der Waals surface area contributed by atoms with Crippen molar-refractivity contribution in [2.24, 2.45) is 0 Å². The van der Waals surface area contributed by atoms with Crippen LogP contribution in [-0.2, 0) is 0 Å². The van der Waals surface area contributed by atoms with E-state index >= 15 is 0 Å². The van der Waals surface area contributed by atoms with Crippen LogP contribution in [0.1, 0.15) is 5.56 Å². The molecule has 0 saturated heterocycles.